The van der Waals surface area contributed by atoms with Crippen molar-refractivity contribution < 1.29 is 9.53 Å². The number of hydrogen-bond donors (Lipinski definition) is 0. The molecule has 7 heteroatoms. The van der Waals surface area contributed by atoms with Crippen LogP contribution in [0.25, 0.3) is 11.4 Å². The molecule has 4 rings (SSSR count). The molecular weight excluding hydrogens is 330 g/mol. The van der Waals surface area contributed by atoms with Crippen LogP contribution in [-0.4, -0.2) is 76.1 Å². The molecule has 2 aromatic heterocycles. The molecule has 136 valence electrons. The van der Waals surface area contributed by atoms with Crippen molar-refractivity contribution in [2.45, 2.75) is 18.9 Å². The number of piperazine rings is 1. The van der Waals surface area contributed by atoms with Gasteiger partial charge >= 0.3 is 0 Å². The molecule has 0 atom stereocenters. The van der Waals surface area contributed by atoms with Gasteiger partial charge in [0, 0.05) is 75.8 Å². The van der Waals surface area contributed by atoms with E-state index in [9.17, 15) is 4.79 Å². The second-order valence-electron chi connectivity index (χ2n) is 6.71. The van der Waals surface area contributed by atoms with Gasteiger partial charge in [-0.1, -0.05) is 0 Å². The molecule has 2 aliphatic rings. The Kier molecular flexibility index (Phi) is 5.17. The largest absolute Gasteiger partial charge is 0.381 e. The van der Waals surface area contributed by atoms with Crippen molar-refractivity contribution in [2.75, 3.05) is 39.4 Å². The number of nitrogens with zero attached hydrogens (tertiary/aromatic N) is 5. The molecule has 0 aromatic carbocycles. The molecule has 2 aromatic rings. The lowest BCUT2D eigenvalue weighted by Crippen LogP contribution is -2.53. The van der Waals surface area contributed by atoms with E-state index in [2.05, 4.69) is 19.9 Å². The van der Waals surface area contributed by atoms with Gasteiger partial charge in [-0.3, -0.25) is 14.7 Å². The Morgan fingerprint density at radius 3 is 2.42 bits per heavy atom. The van der Waals surface area contributed by atoms with E-state index in [1.54, 1.807) is 24.8 Å². The standard InChI is InChI=1S/C19H23N5O2/c25-19(16-13-21-18(22-14-16)15-2-1-5-20-12-15)24-8-6-23(7-9-24)17-3-10-26-11-4-17/h1-2,5,12-14,17H,3-4,6-11H2. The summed E-state index contributed by atoms with van der Waals surface area (Å²) in [7, 11) is 0. The number of amides is 1. The molecule has 2 saturated heterocycles. The van der Waals surface area contributed by atoms with Crippen molar-refractivity contribution in [1.29, 1.82) is 0 Å². The lowest BCUT2D eigenvalue weighted by molar-refractivity contribution is 0.0137. The highest BCUT2D eigenvalue weighted by atomic mass is 16.5. The lowest BCUT2D eigenvalue weighted by atomic mass is 10.1. The zero-order valence-electron chi connectivity index (χ0n) is 14.8. The smallest absolute Gasteiger partial charge is 0.257 e. The van der Waals surface area contributed by atoms with E-state index in [-0.39, 0.29) is 5.91 Å². The molecule has 7 nitrogen and oxygen atoms in total. The maximum absolute atomic E-state index is 12.7. The molecule has 1 amide bonds. The van der Waals surface area contributed by atoms with Gasteiger partial charge < -0.3 is 9.64 Å². The summed E-state index contributed by atoms with van der Waals surface area (Å²) in [5.41, 5.74) is 1.38. The Hall–Kier alpha value is -2.38. The minimum Gasteiger partial charge on any atom is -0.381 e. The van der Waals surface area contributed by atoms with Crippen molar-refractivity contribution in [2.24, 2.45) is 0 Å². The predicted molar refractivity (Wildman–Crippen MR) is 96.6 cm³/mol. The number of carbonyl (C=O) groups excluding carboxylic acids is 1. The minimum absolute atomic E-state index is 0.00867. The fraction of sp³-hybridized carbons (Fsp3) is 0.474. The Labute approximate surface area is 153 Å². The van der Waals surface area contributed by atoms with E-state index in [4.69, 9.17) is 4.74 Å². The van der Waals surface area contributed by atoms with Gasteiger partial charge in [0.15, 0.2) is 5.82 Å². The van der Waals surface area contributed by atoms with Crippen LogP contribution in [0.4, 0.5) is 0 Å². The molecular formula is C19H23N5O2. The lowest BCUT2D eigenvalue weighted by Gasteiger charge is -2.40. The van der Waals surface area contributed by atoms with Crippen LogP contribution in [-0.2, 0) is 4.74 Å². The number of rotatable bonds is 3. The van der Waals surface area contributed by atoms with Gasteiger partial charge in [-0.25, -0.2) is 9.97 Å². The first-order valence-corrected chi connectivity index (χ1v) is 9.15. The molecule has 4 heterocycles. The summed E-state index contributed by atoms with van der Waals surface area (Å²) in [5, 5.41) is 0. The SMILES string of the molecule is O=C(c1cnc(-c2cccnc2)nc1)N1CCN(C2CCOCC2)CC1. The van der Waals surface area contributed by atoms with Crippen LogP contribution >= 0.6 is 0 Å². The summed E-state index contributed by atoms with van der Waals surface area (Å²) in [5.74, 6) is 0.591. The molecule has 26 heavy (non-hydrogen) atoms. The number of pyridine rings is 1. The molecule has 0 radical (unpaired) electrons. The minimum atomic E-state index is 0.00867. The van der Waals surface area contributed by atoms with Crippen molar-refractivity contribution >= 4 is 5.91 Å². The third-order valence-corrected chi connectivity index (χ3v) is 5.13. The second kappa shape index (κ2) is 7.88. The van der Waals surface area contributed by atoms with E-state index < -0.39 is 0 Å². The molecule has 0 aliphatic carbocycles. The Bertz CT molecular complexity index is 723. The van der Waals surface area contributed by atoms with E-state index in [0.29, 0.717) is 17.4 Å². The monoisotopic (exact) mass is 353 g/mol. The highest BCUT2D eigenvalue weighted by Gasteiger charge is 2.27. The number of ether oxygens (including phenoxy) is 1. The Balaban J connectivity index is 1.36. The summed E-state index contributed by atoms with van der Waals surface area (Å²) in [6, 6.07) is 4.35. The average Bonchev–Trinajstić information content (AvgIpc) is 2.75. The normalized spacial score (nSPS) is 19.5. The van der Waals surface area contributed by atoms with Crippen LogP contribution in [0.2, 0.25) is 0 Å². The number of hydrogen-bond acceptors (Lipinski definition) is 6. The fourth-order valence-electron chi connectivity index (χ4n) is 3.61. The van der Waals surface area contributed by atoms with Gasteiger partial charge in [-0.15, -0.1) is 0 Å². The second-order valence-corrected chi connectivity index (χ2v) is 6.71. The van der Waals surface area contributed by atoms with Gasteiger partial charge in [-0.2, -0.15) is 0 Å². The van der Waals surface area contributed by atoms with Crippen LogP contribution in [0.5, 0.6) is 0 Å². The molecule has 0 N–H and O–H groups in total. The summed E-state index contributed by atoms with van der Waals surface area (Å²) < 4.78 is 5.44. The molecule has 0 bridgehead atoms. The van der Waals surface area contributed by atoms with Crippen LogP contribution in [0.3, 0.4) is 0 Å². The van der Waals surface area contributed by atoms with Crippen LogP contribution in [0.1, 0.15) is 23.2 Å². The van der Waals surface area contributed by atoms with Crippen LogP contribution in [0.15, 0.2) is 36.9 Å². The maximum atomic E-state index is 12.7. The van der Waals surface area contributed by atoms with E-state index >= 15 is 0 Å². The molecule has 0 unspecified atom stereocenters. The summed E-state index contributed by atoms with van der Waals surface area (Å²) in [6.45, 7) is 5.05. The van der Waals surface area contributed by atoms with Crippen molar-refractivity contribution in [3.63, 3.8) is 0 Å². The van der Waals surface area contributed by atoms with E-state index in [1.807, 2.05) is 17.0 Å². The summed E-state index contributed by atoms with van der Waals surface area (Å²) >= 11 is 0. The third kappa shape index (κ3) is 3.73. The van der Waals surface area contributed by atoms with Gasteiger partial charge in [0.2, 0.25) is 0 Å². The molecule has 2 aliphatic heterocycles. The zero-order valence-corrected chi connectivity index (χ0v) is 14.8. The third-order valence-electron chi connectivity index (χ3n) is 5.13. The van der Waals surface area contributed by atoms with Crippen LogP contribution < -0.4 is 0 Å². The van der Waals surface area contributed by atoms with Crippen molar-refractivity contribution in [3.8, 4) is 11.4 Å². The highest BCUT2D eigenvalue weighted by Crippen LogP contribution is 2.18. The topological polar surface area (TPSA) is 71.5 Å². The van der Waals surface area contributed by atoms with Gasteiger partial charge in [0.1, 0.15) is 0 Å². The first-order valence-electron chi connectivity index (χ1n) is 9.15. The first-order chi connectivity index (χ1) is 12.8. The van der Waals surface area contributed by atoms with E-state index in [1.165, 1.54) is 0 Å². The molecule has 2 fully saturated rings. The van der Waals surface area contributed by atoms with Crippen molar-refractivity contribution in [1.82, 2.24) is 24.8 Å². The van der Waals surface area contributed by atoms with Gasteiger partial charge in [0.25, 0.3) is 5.91 Å². The fourth-order valence-corrected chi connectivity index (χ4v) is 3.61. The molecule has 0 saturated carbocycles. The number of carbonyl (C=O) groups is 1. The first kappa shape index (κ1) is 17.1. The number of aromatic nitrogens is 3. The molecule has 0 spiro atoms. The van der Waals surface area contributed by atoms with Gasteiger partial charge in [0.05, 0.1) is 5.56 Å². The summed E-state index contributed by atoms with van der Waals surface area (Å²) in [6.07, 6.45) is 8.84. The van der Waals surface area contributed by atoms with E-state index in [0.717, 1.165) is 57.8 Å². The van der Waals surface area contributed by atoms with Crippen LogP contribution in [0, 0.1) is 0 Å². The average molecular weight is 353 g/mol. The Morgan fingerprint density at radius 2 is 1.77 bits per heavy atom. The predicted octanol–water partition coefficient (Wildman–Crippen LogP) is 1.48. The highest BCUT2D eigenvalue weighted by molar-refractivity contribution is 5.93. The van der Waals surface area contributed by atoms with Gasteiger partial charge in [-0.05, 0) is 25.0 Å². The summed E-state index contributed by atoms with van der Waals surface area (Å²) in [4.78, 5) is 29.9. The van der Waals surface area contributed by atoms with Crippen molar-refractivity contribution in [3.05, 3.63) is 42.5 Å². The Morgan fingerprint density at radius 1 is 1.04 bits per heavy atom. The maximum Gasteiger partial charge on any atom is 0.257 e. The zero-order chi connectivity index (χ0) is 17.8. The quantitative estimate of drug-likeness (QED) is 0.832.